The van der Waals surface area contributed by atoms with E-state index in [-0.39, 0.29) is 18.4 Å². The summed E-state index contributed by atoms with van der Waals surface area (Å²) in [6, 6.07) is 10.9. The zero-order chi connectivity index (χ0) is 20.5. The topological polar surface area (TPSA) is 98.8 Å². The third-order valence-corrected chi connectivity index (χ3v) is 3.68. The van der Waals surface area contributed by atoms with E-state index in [1.807, 2.05) is 0 Å². The zero-order valence-electron chi connectivity index (χ0n) is 15.1. The Kier molecular flexibility index (Phi) is 7.38. The number of Topliss-reactive ketones (excluding diaryl/α,β-unsaturated/α-hetero) is 1. The molecular formula is C20H18FNO6. The molecule has 0 aromatic heterocycles. The van der Waals surface area contributed by atoms with Crippen molar-refractivity contribution in [2.45, 2.75) is 12.8 Å². The Morgan fingerprint density at radius 2 is 1.50 bits per heavy atom. The number of esters is 2. The standard InChI is InChI=1S/C20H18FNO6/c1-27-20(26)14-4-8-16(9-5-14)22-18(24)10-11-19(25)28-12-17(23)13-2-6-15(21)7-3-13/h2-9H,10-12H2,1H3,(H,22,24). The molecule has 0 radical (unpaired) electrons. The van der Waals surface area contributed by atoms with Crippen LogP contribution in [0.4, 0.5) is 10.1 Å². The number of carbonyl (C=O) groups is 4. The molecule has 0 aliphatic heterocycles. The Morgan fingerprint density at radius 1 is 0.893 bits per heavy atom. The van der Waals surface area contributed by atoms with Crippen LogP contribution in [0.3, 0.4) is 0 Å². The Bertz CT molecular complexity index is 861. The first-order chi connectivity index (χ1) is 13.4. The first-order valence-corrected chi connectivity index (χ1v) is 8.31. The number of benzene rings is 2. The minimum Gasteiger partial charge on any atom is -0.465 e. The first kappa shape index (κ1) is 20.8. The highest BCUT2D eigenvalue weighted by atomic mass is 19.1. The van der Waals surface area contributed by atoms with Crippen molar-refractivity contribution in [2.24, 2.45) is 0 Å². The molecule has 0 fully saturated rings. The molecule has 8 heteroatoms. The fourth-order valence-corrected chi connectivity index (χ4v) is 2.18. The smallest absolute Gasteiger partial charge is 0.337 e. The van der Waals surface area contributed by atoms with Crippen molar-refractivity contribution in [3.63, 3.8) is 0 Å². The quantitative estimate of drug-likeness (QED) is 0.552. The minimum atomic E-state index is -0.702. The Balaban J connectivity index is 1.73. The van der Waals surface area contributed by atoms with Gasteiger partial charge in [0.1, 0.15) is 5.82 Å². The van der Waals surface area contributed by atoms with E-state index in [2.05, 4.69) is 10.1 Å². The highest BCUT2D eigenvalue weighted by Crippen LogP contribution is 2.11. The van der Waals surface area contributed by atoms with Gasteiger partial charge in [-0.25, -0.2) is 9.18 Å². The molecule has 0 aliphatic carbocycles. The monoisotopic (exact) mass is 387 g/mol. The highest BCUT2D eigenvalue weighted by Gasteiger charge is 2.12. The van der Waals surface area contributed by atoms with Crippen LogP contribution < -0.4 is 5.32 Å². The van der Waals surface area contributed by atoms with Gasteiger partial charge in [0, 0.05) is 17.7 Å². The summed E-state index contributed by atoms with van der Waals surface area (Å²) in [6.45, 7) is -0.485. The fraction of sp³-hybridized carbons (Fsp3) is 0.200. The van der Waals surface area contributed by atoms with E-state index in [9.17, 15) is 23.6 Å². The lowest BCUT2D eigenvalue weighted by Crippen LogP contribution is -2.17. The van der Waals surface area contributed by atoms with E-state index in [0.29, 0.717) is 11.3 Å². The molecule has 28 heavy (non-hydrogen) atoms. The van der Waals surface area contributed by atoms with Gasteiger partial charge in [0.25, 0.3) is 0 Å². The van der Waals surface area contributed by atoms with Crippen LogP contribution >= 0.6 is 0 Å². The van der Waals surface area contributed by atoms with Crippen molar-refractivity contribution in [3.05, 3.63) is 65.5 Å². The lowest BCUT2D eigenvalue weighted by Gasteiger charge is -2.07. The molecule has 2 aromatic rings. The fourth-order valence-electron chi connectivity index (χ4n) is 2.18. The van der Waals surface area contributed by atoms with Crippen molar-refractivity contribution < 1.29 is 33.0 Å². The summed E-state index contributed by atoms with van der Waals surface area (Å²) in [5.41, 5.74) is 1.02. The van der Waals surface area contributed by atoms with Crippen molar-refractivity contribution in [2.75, 3.05) is 19.0 Å². The first-order valence-electron chi connectivity index (χ1n) is 8.31. The van der Waals surface area contributed by atoms with Crippen LogP contribution in [0.1, 0.15) is 33.6 Å². The molecule has 0 unspecified atom stereocenters. The average molecular weight is 387 g/mol. The zero-order valence-corrected chi connectivity index (χ0v) is 15.1. The van der Waals surface area contributed by atoms with E-state index < -0.39 is 36.1 Å². The van der Waals surface area contributed by atoms with Crippen LogP contribution in [0.2, 0.25) is 0 Å². The second-order valence-electron chi connectivity index (χ2n) is 5.71. The van der Waals surface area contributed by atoms with Crippen molar-refractivity contribution >= 4 is 29.3 Å². The van der Waals surface area contributed by atoms with Crippen molar-refractivity contribution in [1.29, 1.82) is 0 Å². The molecule has 1 N–H and O–H groups in total. The molecular weight excluding hydrogens is 369 g/mol. The average Bonchev–Trinajstić information content (AvgIpc) is 2.71. The van der Waals surface area contributed by atoms with Gasteiger partial charge in [-0.3, -0.25) is 14.4 Å². The number of hydrogen-bond donors (Lipinski definition) is 1. The number of ether oxygens (including phenoxy) is 2. The number of rotatable bonds is 8. The van der Waals surface area contributed by atoms with E-state index in [1.54, 1.807) is 0 Å². The summed E-state index contributed by atoms with van der Waals surface area (Å²) >= 11 is 0. The Hall–Kier alpha value is -3.55. The van der Waals surface area contributed by atoms with Gasteiger partial charge in [0.15, 0.2) is 12.4 Å². The minimum absolute atomic E-state index is 0.137. The highest BCUT2D eigenvalue weighted by molar-refractivity contribution is 5.98. The van der Waals surface area contributed by atoms with E-state index in [1.165, 1.54) is 43.5 Å². The predicted molar refractivity (Wildman–Crippen MR) is 97.3 cm³/mol. The largest absolute Gasteiger partial charge is 0.465 e. The molecule has 2 aromatic carbocycles. The van der Waals surface area contributed by atoms with Gasteiger partial charge in [-0.05, 0) is 48.5 Å². The Labute approximate surface area is 160 Å². The van der Waals surface area contributed by atoms with Gasteiger partial charge in [-0.15, -0.1) is 0 Å². The molecule has 0 bridgehead atoms. The van der Waals surface area contributed by atoms with Gasteiger partial charge >= 0.3 is 11.9 Å². The van der Waals surface area contributed by atoms with Crippen LogP contribution in [0.5, 0.6) is 0 Å². The van der Waals surface area contributed by atoms with Crippen LogP contribution in [0.25, 0.3) is 0 Å². The maximum absolute atomic E-state index is 12.8. The van der Waals surface area contributed by atoms with E-state index >= 15 is 0 Å². The van der Waals surface area contributed by atoms with Crippen LogP contribution in [-0.2, 0) is 19.1 Å². The van der Waals surface area contributed by atoms with Crippen molar-refractivity contribution in [3.8, 4) is 0 Å². The Morgan fingerprint density at radius 3 is 2.11 bits per heavy atom. The van der Waals surface area contributed by atoms with Gasteiger partial charge in [0.2, 0.25) is 5.91 Å². The number of methoxy groups -OCH3 is 1. The lowest BCUT2D eigenvalue weighted by atomic mass is 10.1. The van der Waals surface area contributed by atoms with Crippen LogP contribution in [0, 0.1) is 5.82 Å². The summed E-state index contributed by atoms with van der Waals surface area (Å²) in [4.78, 5) is 46.7. The summed E-state index contributed by atoms with van der Waals surface area (Å²) in [5.74, 6) is -2.56. The second-order valence-corrected chi connectivity index (χ2v) is 5.71. The predicted octanol–water partition coefficient (Wildman–Crippen LogP) is 2.76. The number of hydrogen-bond acceptors (Lipinski definition) is 6. The molecule has 146 valence electrons. The van der Waals surface area contributed by atoms with Crippen LogP contribution in [-0.4, -0.2) is 37.3 Å². The maximum Gasteiger partial charge on any atom is 0.337 e. The normalized spacial score (nSPS) is 10.1. The van der Waals surface area contributed by atoms with Gasteiger partial charge < -0.3 is 14.8 Å². The van der Waals surface area contributed by atoms with Gasteiger partial charge in [-0.2, -0.15) is 0 Å². The molecule has 0 saturated carbocycles. The number of amides is 1. The number of carbonyl (C=O) groups excluding carboxylic acids is 4. The third kappa shape index (κ3) is 6.31. The van der Waals surface area contributed by atoms with Crippen LogP contribution in [0.15, 0.2) is 48.5 Å². The summed E-state index contributed by atoms with van der Waals surface area (Å²) in [6.07, 6.45) is -0.342. The molecule has 0 spiro atoms. The van der Waals surface area contributed by atoms with Crippen molar-refractivity contribution in [1.82, 2.24) is 0 Å². The number of halogens is 1. The lowest BCUT2D eigenvalue weighted by molar-refractivity contribution is -0.143. The molecule has 0 atom stereocenters. The van der Waals surface area contributed by atoms with E-state index in [4.69, 9.17) is 4.74 Å². The summed E-state index contributed by atoms with van der Waals surface area (Å²) in [5, 5.41) is 2.58. The number of anilines is 1. The van der Waals surface area contributed by atoms with E-state index in [0.717, 1.165) is 12.1 Å². The number of nitrogens with one attached hydrogen (secondary N) is 1. The molecule has 2 rings (SSSR count). The number of ketones is 1. The molecule has 0 saturated heterocycles. The molecule has 0 aliphatic rings. The van der Waals surface area contributed by atoms with Gasteiger partial charge in [0.05, 0.1) is 19.1 Å². The molecule has 0 heterocycles. The summed E-state index contributed by atoms with van der Waals surface area (Å²) in [7, 11) is 1.27. The maximum atomic E-state index is 12.8. The SMILES string of the molecule is COC(=O)c1ccc(NC(=O)CCC(=O)OCC(=O)c2ccc(F)cc2)cc1. The second kappa shape index (κ2) is 9.96. The third-order valence-electron chi connectivity index (χ3n) is 3.68. The molecule has 7 nitrogen and oxygen atoms in total. The summed E-state index contributed by atoms with van der Waals surface area (Å²) < 4.78 is 22.2. The van der Waals surface area contributed by atoms with Gasteiger partial charge in [-0.1, -0.05) is 0 Å². The molecule has 1 amide bonds.